The van der Waals surface area contributed by atoms with Crippen LogP contribution in [0.4, 0.5) is 0 Å². The van der Waals surface area contributed by atoms with Gasteiger partial charge in [0.25, 0.3) is 0 Å². The lowest BCUT2D eigenvalue weighted by Gasteiger charge is -2.07. The maximum atomic E-state index is 11.5. The second-order valence-electron chi connectivity index (χ2n) is 4.14. The van der Waals surface area contributed by atoms with Gasteiger partial charge in [-0.3, -0.25) is 9.59 Å². The van der Waals surface area contributed by atoms with Crippen molar-refractivity contribution in [2.24, 2.45) is 0 Å². The summed E-state index contributed by atoms with van der Waals surface area (Å²) in [5.41, 5.74) is 0.919. The average Bonchev–Trinajstić information content (AvgIpc) is 2.66. The molecule has 1 heterocycles. The van der Waals surface area contributed by atoms with Crippen molar-refractivity contribution in [3.63, 3.8) is 0 Å². The van der Waals surface area contributed by atoms with E-state index in [0.29, 0.717) is 19.5 Å². The highest BCUT2D eigenvalue weighted by Crippen LogP contribution is 2.00. The van der Waals surface area contributed by atoms with Gasteiger partial charge in [-0.25, -0.2) is 0 Å². The van der Waals surface area contributed by atoms with Crippen molar-refractivity contribution >= 4 is 29.7 Å². The van der Waals surface area contributed by atoms with E-state index in [1.807, 2.05) is 12.3 Å². The molecule has 0 atom stereocenters. The molecule has 1 amide bonds. The number of carbonyl (C=O) groups is 1. The van der Waals surface area contributed by atoms with Crippen molar-refractivity contribution in [2.45, 2.75) is 33.2 Å². The Bertz CT molecular complexity index is 431. The normalized spacial score (nSPS) is 10.0. The second kappa shape index (κ2) is 10.00. The van der Waals surface area contributed by atoms with Crippen molar-refractivity contribution < 1.29 is 4.79 Å². The molecule has 110 valence electrons. The third-order valence-corrected chi connectivity index (χ3v) is 3.47. The first-order valence-electron chi connectivity index (χ1n) is 6.27. The predicted molar refractivity (Wildman–Crippen MR) is 81.4 cm³/mol. The van der Waals surface area contributed by atoms with Gasteiger partial charge in [0, 0.05) is 37.1 Å². The fraction of sp³-hybridized carbons (Fsp3) is 0.667. The number of amides is 1. The summed E-state index contributed by atoms with van der Waals surface area (Å²) in [7, 11) is 0. The Balaban J connectivity index is 0.00000324. The molecule has 0 aliphatic heterocycles. The van der Waals surface area contributed by atoms with Crippen LogP contribution in [0.1, 0.15) is 25.5 Å². The fourth-order valence-corrected chi connectivity index (χ4v) is 2.33. The number of hydrogen-bond donors (Lipinski definition) is 2. The molecule has 2 N–H and O–H groups in total. The molecule has 5 nitrogen and oxygen atoms in total. The Morgan fingerprint density at radius 3 is 2.68 bits per heavy atom. The molecule has 0 spiro atoms. The van der Waals surface area contributed by atoms with Crippen molar-refractivity contribution in [3.8, 4) is 0 Å². The first-order chi connectivity index (χ1) is 8.65. The molecule has 0 aromatic carbocycles. The average molecular weight is 308 g/mol. The van der Waals surface area contributed by atoms with Crippen molar-refractivity contribution in [2.75, 3.05) is 19.6 Å². The third kappa shape index (κ3) is 6.75. The van der Waals surface area contributed by atoms with Crippen molar-refractivity contribution in [3.05, 3.63) is 20.7 Å². The Hall–Kier alpha value is -0.850. The van der Waals surface area contributed by atoms with Crippen LogP contribution in [0.15, 0.2) is 10.2 Å². The molecule has 0 saturated heterocycles. The summed E-state index contributed by atoms with van der Waals surface area (Å²) >= 11 is 1.18. The van der Waals surface area contributed by atoms with E-state index in [1.165, 1.54) is 11.3 Å². The fourth-order valence-electron chi connectivity index (χ4n) is 1.57. The zero-order valence-electron chi connectivity index (χ0n) is 11.4. The van der Waals surface area contributed by atoms with Crippen LogP contribution in [0.25, 0.3) is 0 Å². The van der Waals surface area contributed by atoms with Crippen LogP contribution >= 0.6 is 23.7 Å². The molecular weight excluding hydrogens is 286 g/mol. The minimum Gasteiger partial charge on any atom is -0.355 e. The lowest BCUT2D eigenvalue weighted by Crippen LogP contribution is -2.33. The number of rotatable bonds is 8. The molecule has 0 radical (unpaired) electrons. The first kappa shape index (κ1) is 18.1. The Labute approximate surface area is 123 Å². The van der Waals surface area contributed by atoms with Gasteiger partial charge >= 0.3 is 4.87 Å². The standard InChI is InChI=1S/C12H21N3O2S.ClH/c1-3-5-13-6-7-14-11(16)4-8-15-10(2)9-18-12(15)17;/h9,13H,3-8H2,1-2H3,(H,14,16);1H. The zero-order valence-corrected chi connectivity index (χ0v) is 13.0. The van der Waals surface area contributed by atoms with E-state index < -0.39 is 0 Å². The quantitative estimate of drug-likeness (QED) is 0.708. The zero-order chi connectivity index (χ0) is 13.4. The van der Waals surface area contributed by atoms with Crippen molar-refractivity contribution in [1.29, 1.82) is 0 Å². The van der Waals surface area contributed by atoms with Crippen LogP contribution in [-0.2, 0) is 11.3 Å². The van der Waals surface area contributed by atoms with Gasteiger partial charge in [0.15, 0.2) is 0 Å². The maximum absolute atomic E-state index is 11.5. The number of carbonyl (C=O) groups excluding carboxylic acids is 1. The van der Waals surface area contributed by atoms with Crippen molar-refractivity contribution in [1.82, 2.24) is 15.2 Å². The molecule has 1 aromatic heterocycles. The highest BCUT2D eigenvalue weighted by Gasteiger charge is 2.05. The second-order valence-corrected chi connectivity index (χ2v) is 4.97. The van der Waals surface area contributed by atoms with E-state index in [0.717, 1.165) is 25.2 Å². The number of aromatic nitrogens is 1. The van der Waals surface area contributed by atoms with Gasteiger partial charge in [-0.05, 0) is 19.9 Å². The number of nitrogens with zero attached hydrogens (tertiary/aromatic N) is 1. The van der Waals surface area contributed by atoms with Crippen LogP contribution in [0.2, 0.25) is 0 Å². The van der Waals surface area contributed by atoms with E-state index in [1.54, 1.807) is 4.57 Å². The van der Waals surface area contributed by atoms with E-state index in [-0.39, 0.29) is 23.2 Å². The molecule has 1 aromatic rings. The van der Waals surface area contributed by atoms with E-state index in [9.17, 15) is 9.59 Å². The highest BCUT2D eigenvalue weighted by molar-refractivity contribution is 7.07. The van der Waals surface area contributed by atoms with Gasteiger partial charge in [-0.2, -0.15) is 0 Å². The minimum absolute atomic E-state index is 0. The Morgan fingerprint density at radius 1 is 1.37 bits per heavy atom. The summed E-state index contributed by atoms with van der Waals surface area (Å²) < 4.78 is 1.64. The Morgan fingerprint density at radius 2 is 2.11 bits per heavy atom. The monoisotopic (exact) mass is 307 g/mol. The van der Waals surface area contributed by atoms with Gasteiger partial charge in [0.1, 0.15) is 0 Å². The van der Waals surface area contributed by atoms with Crippen LogP contribution in [0, 0.1) is 6.92 Å². The molecule has 0 unspecified atom stereocenters. The Kier molecular flexibility index (Phi) is 9.55. The van der Waals surface area contributed by atoms with Crippen LogP contribution in [0.5, 0.6) is 0 Å². The SMILES string of the molecule is CCCNCCNC(=O)CCn1c(C)csc1=O.Cl. The highest BCUT2D eigenvalue weighted by atomic mass is 35.5. The number of thiazole rings is 1. The van der Waals surface area contributed by atoms with E-state index in [2.05, 4.69) is 17.6 Å². The number of halogens is 1. The maximum Gasteiger partial charge on any atom is 0.307 e. The van der Waals surface area contributed by atoms with E-state index in [4.69, 9.17) is 0 Å². The molecule has 7 heteroatoms. The number of hydrogen-bond acceptors (Lipinski definition) is 4. The summed E-state index contributed by atoms with van der Waals surface area (Å²) in [6, 6.07) is 0. The number of aryl methyl sites for hydroxylation is 1. The summed E-state index contributed by atoms with van der Waals surface area (Å²) in [6.07, 6.45) is 1.44. The largest absolute Gasteiger partial charge is 0.355 e. The third-order valence-electron chi connectivity index (χ3n) is 2.59. The van der Waals surface area contributed by atoms with Gasteiger partial charge in [0.2, 0.25) is 5.91 Å². The predicted octanol–water partition coefficient (Wildman–Crippen LogP) is 1.15. The minimum atomic E-state index is -0.00852. The molecule has 19 heavy (non-hydrogen) atoms. The van der Waals surface area contributed by atoms with Gasteiger partial charge in [-0.1, -0.05) is 18.3 Å². The lowest BCUT2D eigenvalue weighted by atomic mass is 10.3. The smallest absolute Gasteiger partial charge is 0.307 e. The van der Waals surface area contributed by atoms with Gasteiger partial charge < -0.3 is 15.2 Å². The lowest BCUT2D eigenvalue weighted by molar-refractivity contribution is -0.121. The van der Waals surface area contributed by atoms with Gasteiger partial charge in [-0.15, -0.1) is 12.4 Å². The molecule has 0 fully saturated rings. The van der Waals surface area contributed by atoms with E-state index >= 15 is 0 Å². The van der Waals surface area contributed by atoms with Crippen LogP contribution in [-0.4, -0.2) is 30.1 Å². The van der Waals surface area contributed by atoms with Crippen LogP contribution in [0.3, 0.4) is 0 Å². The molecule has 1 rings (SSSR count). The van der Waals surface area contributed by atoms with Crippen LogP contribution < -0.4 is 15.5 Å². The summed E-state index contributed by atoms with van der Waals surface area (Å²) in [5, 5.41) is 7.85. The van der Waals surface area contributed by atoms with Gasteiger partial charge in [0.05, 0.1) is 0 Å². The first-order valence-corrected chi connectivity index (χ1v) is 7.15. The topological polar surface area (TPSA) is 63.1 Å². The molecule has 0 bridgehead atoms. The number of nitrogens with one attached hydrogen (secondary N) is 2. The summed E-state index contributed by atoms with van der Waals surface area (Å²) in [5.74, 6) is -0.00852. The summed E-state index contributed by atoms with van der Waals surface area (Å²) in [6.45, 7) is 6.84. The molecule has 0 saturated carbocycles. The molecule has 0 aliphatic carbocycles. The summed E-state index contributed by atoms with van der Waals surface area (Å²) in [4.78, 5) is 23.0. The molecular formula is C12H22ClN3O2S. The molecule has 0 aliphatic rings.